The summed E-state index contributed by atoms with van der Waals surface area (Å²) in [6, 6.07) is 5.72. The van der Waals surface area contributed by atoms with E-state index in [4.69, 9.17) is 0 Å². The minimum absolute atomic E-state index is 0.340. The zero-order valence-corrected chi connectivity index (χ0v) is 15.1. The number of piperidine rings is 2. The molecule has 2 aliphatic heterocycles. The first-order valence-corrected chi connectivity index (χ1v) is 9.74. The van der Waals surface area contributed by atoms with Gasteiger partial charge in [-0.15, -0.1) is 0 Å². The summed E-state index contributed by atoms with van der Waals surface area (Å²) in [5.74, 6) is -0.230. The summed E-state index contributed by atoms with van der Waals surface area (Å²) in [7, 11) is 0. The van der Waals surface area contributed by atoms with E-state index in [1.807, 2.05) is 18.2 Å². The van der Waals surface area contributed by atoms with Crippen LogP contribution < -0.4 is 5.32 Å². The maximum Gasteiger partial charge on any atom is 0.246 e. The van der Waals surface area contributed by atoms with Crippen molar-refractivity contribution in [2.75, 3.05) is 19.6 Å². The molecule has 2 saturated heterocycles. The predicted octanol–water partition coefficient (Wildman–Crippen LogP) is 1.40. The fourth-order valence-electron chi connectivity index (χ4n) is 4.53. The average molecular weight is 354 g/mol. The molecule has 138 valence electrons. The van der Waals surface area contributed by atoms with Gasteiger partial charge in [0, 0.05) is 18.8 Å². The molecule has 3 unspecified atom stereocenters. The van der Waals surface area contributed by atoms with Crippen LogP contribution in [0.3, 0.4) is 0 Å². The number of aromatic nitrogens is 1. The molecule has 4 rings (SSSR count). The minimum atomic E-state index is -0.523. The number of aliphatic imine (C=N–C) groups is 1. The number of hydrogen-bond donors (Lipinski definition) is 1. The second-order valence-corrected chi connectivity index (χ2v) is 7.56. The van der Waals surface area contributed by atoms with Gasteiger partial charge in [-0.1, -0.05) is 12.5 Å². The van der Waals surface area contributed by atoms with Crippen LogP contribution in [0, 0.1) is 5.92 Å². The fourth-order valence-corrected chi connectivity index (χ4v) is 4.53. The number of carbonyl (C=O) groups is 2. The normalized spacial score (nSPS) is 30.9. The number of nitrogens with one attached hydrogen (secondary N) is 1. The van der Waals surface area contributed by atoms with Crippen molar-refractivity contribution in [3.63, 3.8) is 0 Å². The third-order valence-corrected chi connectivity index (χ3v) is 5.94. The first-order chi connectivity index (χ1) is 12.7. The van der Waals surface area contributed by atoms with Crippen LogP contribution >= 0.6 is 0 Å². The van der Waals surface area contributed by atoms with Gasteiger partial charge in [-0.2, -0.15) is 0 Å². The number of carbonyl (C=O) groups excluding carboxylic acids is 2. The lowest BCUT2D eigenvalue weighted by Gasteiger charge is -2.45. The van der Waals surface area contributed by atoms with E-state index in [0.29, 0.717) is 24.2 Å². The number of ketones is 2. The van der Waals surface area contributed by atoms with Gasteiger partial charge < -0.3 is 10.2 Å². The van der Waals surface area contributed by atoms with Crippen molar-refractivity contribution in [1.29, 1.82) is 0 Å². The van der Waals surface area contributed by atoms with Crippen molar-refractivity contribution >= 4 is 17.3 Å². The van der Waals surface area contributed by atoms with E-state index in [0.717, 1.165) is 12.2 Å². The van der Waals surface area contributed by atoms with Gasteiger partial charge in [0.15, 0.2) is 0 Å². The monoisotopic (exact) mass is 354 g/mol. The molecule has 1 aliphatic carbocycles. The molecule has 1 N–H and O–H groups in total. The van der Waals surface area contributed by atoms with E-state index in [1.54, 1.807) is 6.20 Å². The zero-order valence-electron chi connectivity index (χ0n) is 15.1. The van der Waals surface area contributed by atoms with Crippen LogP contribution in [0.2, 0.25) is 0 Å². The predicted molar refractivity (Wildman–Crippen MR) is 99.1 cm³/mol. The molecule has 3 heterocycles. The smallest absolute Gasteiger partial charge is 0.246 e. The molecule has 3 atom stereocenters. The molecule has 3 fully saturated rings. The van der Waals surface area contributed by atoms with E-state index in [-0.39, 0.29) is 5.78 Å². The number of rotatable bonds is 5. The zero-order chi connectivity index (χ0) is 17.9. The Bertz CT molecular complexity index is 701. The lowest BCUT2D eigenvalue weighted by Crippen LogP contribution is -2.63. The largest absolute Gasteiger partial charge is 0.302 e. The Morgan fingerprint density at radius 2 is 2.04 bits per heavy atom. The first-order valence-electron chi connectivity index (χ1n) is 9.74. The SMILES string of the molecule is O=C1C(=O)C(NCC2CCCN3CCCCC23)C1=NCc1ccccn1. The van der Waals surface area contributed by atoms with Crippen LogP contribution in [0.5, 0.6) is 0 Å². The van der Waals surface area contributed by atoms with Crippen LogP contribution in [0.15, 0.2) is 29.4 Å². The van der Waals surface area contributed by atoms with Crippen molar-refractivity contribution < 1.29 is 9.59 Å². The van der Waals surface area contributed by atoms with Crippen LogP contribution in [-0.4, -0.2) is 58.9 Å². The van der Waals surface area contributed by atoms with Crippen molar-refractivity contribution in [2.45, 2.75) is 50.7 Å². The summed E-state index contributed by atoms with van der Waals surface area (Å²) < 4.78 is 0. The number of fused-ring (bicyclic) bond motifs is 1. The van der Waals surface area contributed by atoms with Crippen molar-refractivity contribution in [3.05, 3.63) is 30.1 Å². The quantitative estimate of drug-likeness (QED) is 0.809. The van der Waals surface area contributed by atoms with Gasteiger partial charge >= 0.3 is 0 Å². The van der Waals surface area contributed by atoms with Gasteiger partial charge in [0.25, 0.3) is 0 Å². The van der Waals surface area contributed by atoms with Crippen molar-refractivity contribution in [3.8, 4) is 0 Å². The van der Waals surface area contributed by atoms with Gasteiger partial charge in [0.1, 0.15) is 11.8 Å². The topological polar surface area (TPSA) is 74.7 Å². The number of pyridine rings is 1. The van der Waals surface area contributed by atoms with Crippen molar-refractivity contribution in [1.82, 2.24) is 15.2 Å². The third kappa shape index (κ3) is 3.48. The molecule has 26 heavy (non-hydrogen) atoms. The maximum absolute atomic E-state index is 12.0. The van der Waals surface area contributed by atoms with Gasteiger partial charge in [-0.25, -0.2) is 0 Å². The molecule has 3 aliphatic rings. The van der Waals surface area contributed by atoms with E-state index >= 15 is 0 Å². The molecule has 0 amide bonds. The molecule has 0 bridgehead atoms. The summed E-state index contributed by atoms with van der Waals surface area (Å²) in [6.45, 7) is 3.54. The summed E-state index contributed by atoms with van der Waals surface area (Å²) in [5.41, 5.74) is 1.17. The van der Waals surface area contributed by atoms with Crippen molar-refractivity contribution in [2.24, 2.45) is 10.9 Å². The number of nitrogens with zero attached hydrogens (tertiary/aromatic N) is 3. The highest BCUT2D eigenvalue weighted by Gasteiger charge is 2.46. The van der Waals surface area contributed by atoms with Gasteiger partial charge in [-0.3, -0.25) is 19.6 Å². The Kier molecular flexibility index (Phi) is 5.22. The highest BCUT2D eigenvalue weighted by molar-refractivity contribution is 6.80. The van der Waals surface area contributed by atoms with Gasteiger partial charge in [0.2, 0.25) is 11.6 Å². The molecular formula is C20H26N4O2. The van der Waals surface area contributed by atoms with Crippen LogP contribution in [0.25, 0.3) is 0 Å². The van der Waals surface area contributed by atoms with E-state index < -0.39 is 11.8 Å². The second kappa shape index (κ2) is 7.76. The summed E-state index contributed by atoms with van der Waals surface area (Å²) in [4.78, 5) is 35.1. The standard InChI is InChI=1S/C20H26N4O2/c25-19-17(18(20(19)26)23-13-15-7-1-3-9-21-15)22-12-14-6-5-11-24-10-4-2-8-16(14)24/h1,3,7,9,14,16-17,22H,2,4-6,8,10-13H2. The van der Waals surface area contributed by atoms with Gasteiger partial charge in [-0.05, 0) is 56.8 Å². The summed E-state index contributed by atoms with van der Waals surface area (Å²) in [6.07, 6.45) is 7.98. The van der Waals surface area contributed by atoms with Crippen LogP contribution in [0.1, 0.15) is 37.8 Å². The molecule has 1 aromatic rings. The Balaban J connectivity index is 1.37. The van der Waals surface area contributed by atoms with Crippen LogP contribution in [0.4, 0.5) is 0 Å². The molecular weight excluding hydrogens is 328 g/mol. The maximum atomic E-state index is 12.0. The highest BCUT2D eigenvalue weighted by Crippen LogP contribution is 2.30. The first kappa shape index (κ1) is 17.5. The van der Waals surface area contributed by atoms with E-state index in [9.17, 15) is 9.59 Å². The second-order valence-electron chi connectivity index (χ2n) is 7.56. The Morgan fingerprint density at radius 3 is 2.88 bits per heavy atom. The minimum Gasteiger partial charge on any atom is -0.302 e. The average Bonchev–Trinajstić information content (AvgIpc) is 2.70. The number of hydrogen-bond acceptors (Lipinski definition) is 6. The Labute approximate surface area is 154 Å². The Hall–Kier alpha value is -1.92. The highest BCUT2D eigenvalue weighted by atomic mass is 16.2. The van der Waals surface area contributed by atoms with E-state index in [1.165, 1.54) is 45.2 Å². The Morgan fingerprint density at radius 1 is 1.15 bits per heavy atom. The van der Waals surface area contributed by atoms with E-state index in [2.05, 4.69) is 20.2 Å². The lowest BCUT2D eigenvalue weighted by molar-refractivity contribution is -0.136. The number of Topliss-reactive ketones (excluding diaryl/α,β-unsaturated/α-hetero) is 2. The fraction of sp³-hybridized carbons (Fsp3) is 0.600. The molecule has 1 saturated carbocycles. The molecule has 6 heteroatoms. The van der Waals surface area contributed by atoms with Crippen LogP contribution in [-0.2, 0) is 16.1 Å². The molecule has 0 spiro atoms. The van der Waals surface area contributed by atoms with Gasteiger partial charge in [0.05, 0.1) is 12.2 Å². The molecule has 0 aromatic carbocycles. The molecule has 6 nitrogen and oxygen atoms in total. The third-order valence-electron chi connectivity index (χ3n) is 5.94. The summed E-state index contributed by atoms with van der Waals surface area (Å²) in [5, 5.41) is 3.34. The lowest BCUT2D eigenvalue weighted by atomic mass is 9.82. The summed E-state index contributed by atoms with van der Waals surface area (Å²) >= 11 is 0. The molecule has 1 aromatic heterocycles. The molecule has 0 radical (unpaired) electrons.